The molecule has 1 aromatic carbocycles. The van der Waals surface area contributed by atoms with Gasteiger partial charge in [0.05, 0.1) is 6.04 Å². The fraction of sp³-hybridized carbons (Fsp3) is 0.381. The van der Waals surface area contributed by atoms with Crippen LogP contribution in [-0.4, -0.2) is 29.9 Å². The Morgan fingerprint density at radius 1 is 1.15 bits per heavy atom. The van der Waals surface area contributed by atoms with E-state index in [1.165, 1.54) is 0 Å². The first-order valence-corrected chi connectivity index (χ1v) is 9.19. The predicted molar refractivity (Wildman–Crippen MR) is 107 cm³/mol. The van der Waals surface area contributed by atoms with E-state index < -0.39 is 0 Å². The number of carbonyl (C=O) groups excluding carboxylic acids is 2. The minimum absolute atomic E-state index is 0.00424. The highest BCUT2D eigenvalue weighted by molar-refractivity contribution is 5.97. The van der Waals surface area contributed by atoms with Crippen molar-refractivity contribution in [3.05, 3.63) is 53.2 Å². The number of fused-ring (bicyclic) bond motifs is 1. The molecule has 2 N–H and O–H groups in total. The maximum absolute atomic E-state index is 12.3. The molecule has 6 nitrogen and oxygen atoms in total. The van der Waals surface area contributed by atoms with Crippen molar-refractivity contribution >= 4 is 23.3 Å². The molecule has 0 saturated heterocycles. The molecule has 1 aromatic heterocycles. The average Bonchev–Trinajstić information content (AvgIpc) is 2.64. The van der Waals surface area contributed by atoms with E-state index in [2.05, 4.69) is 29.5 Å². The van der Waals surface area contributed by atoms with Gasteiger partial charge in [-0.05, 0) is 49.7 Å². The fourth-order valence-electron chi connectivity index (χ4n) is 3.77. The number of amides is 2. The molecule has 0 saturated carbocycles. The van der Waals surface area contributed by atoms with Crippen LogP contribution in [0.1, 0.15) is 48.4 Å². The van der Waals surface area contributed by atoms with Gasteiger partial charge in [0.1, 0.15) is 5.82 Å². The summed E-state index contributed by atoms with van der Waals surface area (Å²) in [7, 11) is 1.61. The summed E-state index contributed by atoms with van der Waals surface area (Å²) in [4.78, 5) is 30.8. The SMILES string of the molecule is CNC(=O)c1ccc2c(c1)C(Nc1cccc(C)n1)[C@@H](C)[C@H](C)N2C(C)=O. The Morgan fingerprint density at radius 2 is 1.89 bits per heavy atom. The Morgan fingerprint density at radius 3 is 2.52 bits per heavy atom. The van der Waals surface area contributed by atoms with Crippen LogP contribution in [0.25, 0.3) is 0 Å². The van der Waals surface area contributed by atoms with Crippen molar-refractivity contribution in [2.45, 2.75) is 39.8 Å². The van der Waals surface area contributed by atoms with Crippen molar-refractivity contribution in [1.82, 2.24) is 10.3 Å². The van der Waals surface area contributed by atoms with Gasteiger partial charge in [-0.15, -0.1) is 0 Å². The highest BCUT2D eigenvalue weighted by Crippen LogP contribution is 2.42. The molecule has 3 rings (SSSR count). The normalized spacial score (nSPS) is 21.4. The third-order valence-electron chi connectivity index (χ3n) is 5.34. The number of hydrogen-bond acceptors (Lipinski definition) is 4. The van der Waals surface area contributed by atoms with Crippen LogP contribution in [0.2, 0.25) is 0 Å². The summed E-state index contributed by atoms with van der Waals surface area (Å²) in [5.41, 5.74) is 3.28. The van der Waals surface area contributed by atoms with Gasteiger partial charge in [0, 0.05) is 42.9 Å². The Bertz CT molecular complexity index is 880. The zero-order valence-corrected chi connectivity index (χ0v) is 16.4. The molecule has 2 heterocycles. The van der Waals surface area contributed by atoms with Gasteiger partial charge in [-0.3, -0.25) is 9.59 Å². The van der Waals surface area contributed by atoms with Gasteiger partial charge in [-0.1, -0.05) is 13.0 Å². The van der Waals surface area contributed by atoms with Crippen LogP contribution in [0.3, 0.4) is 0 Å². The first-order chi connectivity index (χ1) is 12.8. The molecule has 0 aliphatic carbocycles. The molecule has 0 radical (unpaired) electrons. The number of pyridine rings is 1. The largest absolute Gasteiger partial charge is 0.363 e. The van der Waals surface area contributed by atoms with Gasteiger partial charge in [0.15, 0.2) is 0 Å². The number of benzene rings is 1. The Labute approximate surface area is 160 Å². The number of aromatic nitrogens is 1. The van der Waals surface area contributed by atoms with Crippen molar-refractivity contribution < 1.29 is 9.59 Å². The second kappa shape index (κ2) is 7.39. The maximum atomic E-state index is 12.3. The van der Waals surface area contributed by atoms with E-state index in [4.69, 9.17) is 0 Å². The number of nitrogens with one attached hydrogen (secondary N) is 2. The lowest BCUT2D eigenvalue weighted by Crippen LogP contribution is -2.48. The van der Waals surface area contributed by atoms with Gasteiger partial charge >= 0.3 is 0 Å². The minimum Gasteiger partial charge on any atom is -0.363 e. The first kappa shape index (κ1) is 18.9. The van der Waals surface area contributed by atoms with Crippen LogP contribution in [0.15, 0.2) is 36.4 Å². The van der Waals surface area contributed by atoms with Crippen molar-refractivity contribution in [2.75, 3.05) is 17.3 Å². The van der Waals surface area contributed by atoms with Gasteiger partial charge in [0.2, 0.25) is 5.91 Å². The van der Waals surface area contributed by atoms with Gasteiger partial charge in [0.25, 0.3) is 5.91 Å². The maximum Gasteiger partial charge on any atom is 0.251 e. The van der Waals surface area contributed by atoms with Crippen LogP contribution in [0.4, 0.5) is 11.5 Å². The molecular weight excluding hydrogens is 340 g/mol. The quantitative estimate of drug-likeness (QED) is 0.874. The Kier molecular flexibility index (Phi) is 5.17. The Balaban J connectivity index is 2.11. The minimum atomic E-state index is -0.147. The first-order valence-electron chi connectivity index (χ1n) is 9.19. The Hall–Kier alpha value is -2.89. The van der Waals surface area contributed by atoms with Gasteiger partial charge in [-0.25, -0.2) is 4.98 Å². The van der Waals surface area contributed by atoms with E-state index in [1.54, 1.807) is 20.0 Å². The molecule has 2 aromatic rings. The van der Waals surface area contributed by atoms with Crippen LogP contribution in [-0.2, 0) is 4.79 Å². The molecule has 6 heteroatoms. The molecule has 1 aliphatic heterocycles. The molecule has 1 aliphatic rings. The van der Waals surface area contributed by atoms with E-state index >= 15 is 0 Å². The summed E-state index contributed by atoms with van der Waals surface area (Å²) in [5, 5.41) is 6.18. The van der Waals surface area contributed by atoms with Gasteiger partial charge < -0.3 is 15.5 Å². The lowest BCUT2D eigenvalue weighted by Gasteiger charge is -2.44. The molecule has 142 valence electrons. The van der Waals surface area contributed by atoms with Crippen LogP contribution in [0.5, 0.6) is 0 Å². The molecule has 0 fully saturated rings. The van der Waals surface area contributed by atoms with E-state index in [-0.39, 0.29) is 29.8 Å². The summed E-state index contributed by atoms with van der Waals surface area (Å²) in [6, 6.07) is 11.3. The molecule has 27 heavy (non-hydrogen) atoms. The summed E-state index contributed by atoms with van der Waals surface area (Å²) in [5.74, 6) is 0.761. The summed E-state index contributed by atoms with van der Waals surface area (Å²) in [6.07, 6.45) is 0. The van der Waals surface area contributed by atoms with Crippen molar-refractivity contribution in [2.24, 2.45) is 5.92 Å². The summed E-state index contributed by atoms with van der Waals surface area (Å²) < 4.78 is 0. The lowest BCUT2D eigenvalue weighted by atomic mass is 9.82. The van der Waals surface area contributed by atoms with Crippen LogP contribution >= 0.6 is 0 Å². The molecule has 1 unspecified atom stereocenters. The third-order valence-corrected chi connectivity index (χ3v) is 5.34. The molecular formula is C21H26N4O2. The number of carbonyl (C=O) groups is 2. The number of anilines is 2. The fourth-order valence-corrected chi connectivity index (χ4v) is 3.77. The standard InChI is InChI=1S/C21H26N4O2/c1-12-7-6-8-19(23-12)24-20-13(2)14(3)25(15(4)26)18-10-9-16(11-17(18)20)21(27)22-5/h6-11,13-14,20H,1-5H3,(H,22,27)(H,23,24)/t13-,14-,20?/m0/s1. The topological polar surface area (TPSA) is 74.3 Å². The van der Waals surface area contributed by atoms with E-state index in [0.717, 1.165) is 22.8 Å². The highest BCUT2D eigenvalue weighted by Gasteiger charge is 2.38. The highest BCUT2D eigenvalue weighted by atomic mass is 16.2. The van der Waals surface area contributed by atoms with Crippen molar-refractivity contribution in [1.29, 1.82) is 0 Å². The smallest absolute Gasteiger partial charge is 0.251 e. The van der Waals surface area contributed by atoms with Crippen molar-refractivity contribution in [3.8, 4) is 0 Å². The second-order valence-corrected chi connectivity index (χ2v) is 7.13. The van der Waals surface area contributed by atoms with E-state index in [9.17, 15) is 9.59 Å². The van der Waals surface area contributed by atoms with Crippen molar-refractivity contribution in [3.63, 3.8) is 0 Å². The monoisotopic (exact) mass is 366 g/mol. The number of nitrogens with zero attached hydrogens (tertiary/aromatic N) is 2. The molecule has 0 spiro atoms. The van der Waals surface area contributed by atoms with Crippen LogP contribution < -0.4 is 15.5 Å². The third kappa shape index (κ3) is 3.52. The van der Waals surface area contributed by atoms with E-state index in [1.807, 2.05) is 42.2 Å². The lowest BCUT2D eigenvalue weighted by molar-refractivity contribution is -0.117. The zero-order chi connectivity index (χ0) is 19.7. The van der Waals surface area contributed by atoms with E-state index in [0.29, 0.717) is 5.56 Å². The predicted octanol–water partition coefficient (Wildman–Crippen LogP) is 3.29. The van der Waals surface area contributed by atoms with Gasteiger partial charge in [-0.2, -0.15) is 0 Å². The number of hydrogen-bond donors (Lipinski definition) is 2. The second-order valence-electron chi connectivity index (χ2n) is 7.13. The average molecular weight is 366 g/mol. The molecule has 0 bridgehead atoms. The van der Waals surface area contributed by atoms with Crippen LogP contribution in [0, 0.1) is 12.8 Å². The summed E-state index contributed by atoms with van der Waals surface area (Å²) >= 11 is 0. The zero-order valence-electron chi connectivity index (χ0n) is 16.4. The molecule has 3 atom stereocenters. The number of aryl methyl sites for hydroxylation is 1. The number of rotatable bonds is 3. The summed E-state index contributed by atoms with van der Waals surface area (Å²) in [6.45, 7) is 7.70. The molecule has 2 amide bonds.